The summed E-state index contributed by atoms with van der Waals surface area (Å²) < 4.78 is 5.07. The third-order valence-electron chi connectivity index (χ3n) is 4.28. The molecule has 0 aliphatic carbocycles. The molecule has 0 aliphatic rings. The van der Waals surface area contributed by atoms with Gasteiger partial charge < -0.3 is 10.1 Å². The summed E-state index contributed by atoms with van der Waals surface area (Å²) in [5.74, 6) is -0.859. The maximum absolute atomic E-state index is 12.5. The number of methoxy groups -OCH3 is 1. The molecule has 7 heteroatoms. The standard InChI is InChI=1S/C21H25N3O4/c1-13(2)18(22-19(25)15-9-11-16(28-4)12-10-15)21(27)24-23-20(26)17-8-6-5-7-14(17)3/h5-13,18H,1-4H3,(H,22,25)(H,23,26)(H,24,27). The van der Waals surface area contributed by atoms with Crippen LogP contribution < -0.4 is 20.9 Å². The predicted octanol–water partition coefficient (Wildman–Crippen LogP) is 2.22. The molecule has 1 unspecified atom stereocenters. The average molecular weight is 383 g/mol. The van der Waals surface area contributed by atoms with Crippen molar-refractivity contribution in [2.45, 2.75) is 26.8 Å². The number of amides is 3. The van der Waals surface area contributed by atoms with Crippen molar-refractivity contribution >= 4 is 17.7 Å². The van der Waals surface area contributed by atoms with Gasteiger partial charge in [0.2, 0.25) is 0 Å². The third kappa shape index (κ3) is 5.33. The normalized spacial score (nSPS) is 11.5. The number of hydrogen-bond acceptors (Lipinski definition) is 4. The number of benzene rings is 2. The Balaban J connectivity index is 2.00. The van der Waals surface area contributed by atoms with Crippen LogP contribution in [0.3, 0.4) is 0 Å². The van der Waals surface area contributed by atoms with Crippen LogP contribution in [0.25, 0.3) is 0 Å². The predicted molar refractivity (Wildman–Crippen MR) is 106 cm³/mol. The zero-order valence-electron chi connectivity index (χ0n) is 16.4. The maximum atomic E-state index is 12.5. The van der Waals surface area contributed by atoms with E-state index in [1.165, 1.54) is 0 Å². The quantitative estimate of drug-likeness (QED) is 0.667. The summed E-state index contributed by atoms with van der Waals surface area (Å²) in [4.78, 5) is 37.2. The molecule has 0 fully saturated rings. The molecule has 148 valence electrons. The smallest absolute Gasteiger partial charge is 0.269 e. The highest BCUT2D eigenvalue weighted by Crippen LogP contribution is 2.12. The van der Waals surface area contributed by atoms with Gasteiger partial charge in [0.1, 0.15) is 11.8 Å². The van der Waals surface area contributed by atoms with E-state index in [2.05, 4.69) is 16.2 Å². The van der Waals surface area contributed by atoms with Gasteiger partial charge in [0, 0.05) is 11.1 Å². The number of hydrogen-bond donors (Lipinski definition) is 3. The largest absolute Gasteiger partial charge is 0.497 e. The van der Waals surface area contributed by atoms with Crippen LogP contribution >= 0.6 is 0 Å². The Morgan fingerprint density at radius 2 is 1.54 bits per heavy atom. The monoisotopic (exact) mass is 383 g/mol. The number of ether oxygens (including phenoxy) is 1. The molecule has 0 spiro atoms. The van der Waals surface area contributed by atoms with Gasteiger partial charge in [0.05, 0.1) is 7.11 Å². The number of hydrazine groups is 1. The second-order valence-corrected chi connectivity index (χ2v) is 6.68. The van der Waals surface area contributed by atoms with Crippen LogP contribution in [0.1, 0.15) is 40.1 Å². The first kappa shape index (κ1) is 21.0. The molecule has 0 saturated carbocycles. The first-order valence-electron chi connectivity index (χ1n) is 8.94. The Hall–Kier alpha value is -3.35. The minimum absolute atomic E-state index is 0.183. The number of carbonyl (C=O) groups excluding carboxylic acids is 3. The molecule has 2 aromatic carbocycles. The fraction of sp³-hybridized carbons (Fsp3) is 0.286. The van der Waals surface area contributed by atoms with Crippen LogP contribution in [0, 0.1) is 12.8 Å². The maximum Gasteiger partial charge on any atom is 0.269 e. The van der Waals surface area contributed by atoms with Gasteiger partial charge in [-0.15, -0.1) is 0 Å². The van der Waals surface area contributed by atoms with Gasteiger partial charge in [-0.05, 0) is 48.7 Å². The molecule has 7 nitrogen and oxygen atoms in total. The Bertz CT molecular complexity index is 847. The van der Waals surface area contributed by atoms with Gasteiger partial charge in [0.25, 0.3) is 17.7 Å². The zero-order chi connectivity index (χ0) is 20.7. The highest BCUT2D eigenvalue weighted by atomic mass is 16.5. The number of rotatable bonds is 6. The second-order valence-electron chi connectivity index (χ2n) is 6.68. The average Bonchev–Trinajstić information content (AvgIpc) is 2.70. The van der Waals surface area contributed by atoms with Gasteiger partial charge in [-0.1, -0.05) is 32.0 Å². The SMILES string of the molecule is COc1ccc(C(=O)NC(C(=O)NNC(=O)c2ccccc2C)C(C)C)cc1. The fourth-order valence-corrected chi connectivity index (χ4v) is 2.59. The molecular formula is C21H25N3O4. The van der Waals surface area contributed by atoms with Crippen molar-refractivity contribution in [2.24, 2.45) is 5.92 Å². The summed E-state index contributed by atoms with van der Waals surface area (Å²) in [5, 5.41) is 2.70. The Morgan fingerprint density at radius 1 is 0.893 bits per heavy atom. The van der Waals surface area contributed by atoms with E-state index in [1.807, 2.05) is 32.9 Å². The molecule has 0 saturated heterocycles. The molecule has 3 N–H and O–H groups in total. The summed E-state index contributed by atoms with van der Waals surface area (Å²) >= 11 is 0. The van der Waals surface area contributed by atoms with Crippen molar-refractivity contribution in [1.82, 2.24) is 16.2 Å². The molecular weight excluding hydrogens is 358 g/mol. The van der Waals surface area contributed by atoms with Gasteiger partial charge >= 0.3 is 0 Å². The van der Waals surface area contributed by atoms with Crippen molar-refractivity contribution in [3.05, 3.63) is 65.2 Å². The highest BCUT2D eigenvalue weighted by Gasteiger charge is 2.25. The third-order valence-corrected chi connectivity index (χ3v) is 4.28. The molecule has 0 aliphatic heterocycles. The van der Waals surface area contributed by atoms with Crippen molar-refractivity contribution in [1.29, 1.82) is 0 Å². The summed E-state index contributed by atoms with van der Waals surface area (Å²) in [7, 11) is 1.54. The topological polar surface area (TPSA) is 96.5 Å². The van der Waals surface area contributed by atoms with E-state index in [0.29, 0.717) is 16.9 Å². The van der Waals surface area contributed by atoms with Gasteiger partial charge in [-0.25, -0.2) is 0 Å². The van der Waals surface area contributed by atoms with Crippen molar-refractivity contribution in [2.75, 3.05) is 7.11 Å². The second kappa shape index (κ2) is 9.55. The zero-order valence-corrected chi connectivity index (χ0v) is 16.4. The lowest BCUT2D eigenvalue weighted by Gasteiger charge is -2.22. The molecule has 2 rings (SSSR count). The summed E-state index contributed by atoms with van der Waals surface area (Å²) in [6, 6.07) is 12.8. The lowest BCUT2D eigenvalue weighted by molar-refractivity contribution is -0.124. The van der Waals surface area contributed by atoms with E-state index in [1.54, 1.807) is 43.5 Å². The van der Waals surface area contributed by atoms with Crippen LogP contribution in [0.2, 0.25) is 0 Å². The van der Waals surface area contributed by atoms with Crippen molar-refractivity contribution < 1.29 is 19.1 Å². The lowest BCUT2D eigenvalue weighted by atomic mass is 10.0. The number of carbonyl (C=O) groups is 3. The molecule has 28 heavy (non-hydrogen) atoms. The first-order valence-corrected chi connectivity index (χ1v) is 8.94. The van der Waals surface area contributed by atoms with Crippen molar-refractivity contribution in [3.63, 3.8) is 0 Å². The van der Waals surface area contributed by atoms with Crippen LogP contribution in [-0.2, 0) is 4.79 Å². The molecule has 0 radical (unpaired) electrons. The molecule has 0 heterocycles. The molecule has 1 atom stereocenters. The summed E-state index contributed by atoms with van der Waals surface area (Å²) in [6.07, 6.45) is 0. The summed E-state index contributed by atoms with van der Waals surface area (Å²) in [6.45, 7) is 5.42. The van der Waals surface area contributed by atoms with Gasteiger partial charge in [0.15, 0.2) is 0 Å². The fourth-order valence-electron chi connectivity index (χ4n) is 2.59. The Kier molecular flexibility index (Phi) is 7.14. The molecule has 3 amide bonds. The summed E-state index contributed by atoms with van der Waals surface area (Å²) in [5.41, 5.74) is 6.45. The van der Waals surface area contributed by atoms with E-state index < -0.39 is 17.9 Å². The van der Waals surface area contributed by atoms with Gasteiger partial charge in [-0.2, -0.15) is 0 Å². The van der Waals surface area contributed by atoms with Crippen LogP contribution in [0.15, 0.2) is 48.5 Å². The minimum Gasteiger partial charge on any atom is -0.497 e. The van der Waals surface area contributed by atoms with E-state index in [4.69, 9.17) is 4.74 Å². The van der Waals surface area contributed by atoms with Crippen molar-refractivity contribution in [3.8, 4) is 5.75 Å². The van der Waals surface area contributed by atoms with Crippen LogP contribution in [0.5, 0.6) is 5.75 Å². The van der Waals surface area contributed by atoms with Crippen LogP contribution in [-0.4, -0.2) is 30.9 Å². The molecule has 0 aromatic heterocycles. The first-order chi connectivity index (χ1) is 13.3. The highest BCUT2D eigenvalue weighted by molar-refractivity contribution is 5.99. The Labute approximate surface area is 164 Å². The van der Waals surface area contributed by atoms with E-state index in [9.17, 15) is 14.4 Å². The van der Waals surface area contributed by atoms with E-state index in [0.717, 1.165) is 5.56 Å². The van der Waals surface area contributed by atoms with Crippen LogP contribution in [0.4, 0.5) is 0 Å². The van der Waals surface area contributed by atoms with E-state index in [-0.39, 0.29) is 11.8 Å². The number of aryl methyl sites for hydroxylation is 1. The molecule has 0 bridgehead atoms. The number of nitrogens with one attached hydrogen (secondary N) is 3. The van der Waals surface area contributed by atoms with Gasteiger partial charge in [-0.3, -0.25) is 25.2 Å². The molecule has 2 aromatic rings. The van der Waals surface area contributed by atoms with E-state index >= 15 is 0 Å². The minimum atomic E-state index is -0.813. The Morgan fingerprint density at radius 3 is 2.11 bits per heavy atom. The lowest BCUT2D eigenvalue weighted by Crippen LogP contribution is -2.54.